The van der Waals surface area contributed by atoms with Gasteiger partial charge in [-0.3, -0.25) is 4.79 Å². The molecule has 3 N–H and O–H groups in total. The van der Waals surface area contributed by atoms with Crippen molar-refractivity contribution in [3.8, 4) is 5.75 Å². The molecule has 0 spiro atoms. The summed E-state index contributed by atoms with van der Waals surface area (Å²) < 4.78 is 10.2. The van der Waals surface area contributed by atoms with Crippen molar-refractivity contribution in [1.82, 2.24) is 15.3 Å². The van der Waals surface area contributed by atoms with Gasteiger partial charge in [0, 0.05) is 30.5 Å². The Bertz CT molecular complexity index is 879. The molecule has 0 radical (unpaired) electrons. The van der Waals surface area contributed by atoms with Crippen LogP contribution in [0.5, 0.6) is 5.75 Å². The van der Waals surface area contributed by atoms with E-state index in [0.717, 1.165) is 17.1 Å². The van der Waals surface area contributed by atoms with E-state index in [9.17, 15) is 4.79 Å². The smallest absolute Gasteiger partial charge is 0.287 e. The Morgan fingerprint density at radius 3 is 2.67 bits per heavy atom. The Morgan fingerprint density at radius 2 is 1.96 bits per heavy atom. The van der Waals surface area contributed by atoms with Gasteiger partial charge in [-0.1, -0.05) is 0 Å². The SMILES string of the molecule is COc1ccc(Nc2cc(C)nc(NCCNC(=O)c3ccco3)n2)cc1. The summed E-state index contributed by atoms with van der Waals surface area (Å²) in [5, 5.41) is 9.09. The molecule has 0 unspecified atom stereocenters. The highest BCUT2D eigenvalue weighted by Crippen LogP contribution is 2.19. The number of rotatable bonds is 8. The van der Waals surface area contributed by atoms with Crippen LogP contribution in [0, 0.1) is 6.92 Å². The van der Waals surface area contributed by atoms with Crippen LogP contribution in [0.4, 0.5) is 17.5 Å². The maximum absolute atomic E-state index is 11.8. The monoisotopic (exact) mass is 367 g/mol. The molecule has 8 heteroatoms. The van der Waals surface area contributed by atoms with Gasteiger partial charge in [0.2, 0.25) is 5.95 Å². The predicted octanol–water partition coefficient (Wildman–Crippen LogP) is 2.97. The molecule has 140 valence electrons. The molecule has 0 aliphatic heterocycles. The number of hydrogen-bond acceptors (Lipinski definition) is 7. The zero-order valence-corrected chi connectivity index (χ0v) is 15.2. The van der Waals surface area contributed by atoms with Gasteiger partial charge < -0.3 is 25.1 Å². The third kappa shape index (κ3) is 5.21. The van der Waals surface area contributed by atoms with Crippen molar-refractivity contribution in [2.45, 2.75) is 6.92 Å². The molecule has 1 amide bonds. The molecule has 3 aromatic rings. The average molecular weight is 367 g/mol. The molecule has 0 aliphatic carbocycles. The summed E-state index contributed by atoms with van der Waals surface area (Å²) >= 11 is 0. The number of benzene rings is 1. The first-order chi connectivity index (χ1) is 13.1. The van der Waals surface area contributed by atoms with E-state index in [4.69, 9.17) is 9.15 Å². The minimum Gasteiger partial charge on any atom is -0.497 e. The normalized spacial score (nSPS) is 10.3. The van der Waals surface area contributed by atoms with Crippen molar-refractivity contribution >= 4 is 23.4 Å². The number of nitrogens with zero attached hydrogens (tertiary/aromatic N) is 2. The van der Waals surface area contributed by atoms with Crippen LogP contribution in [0.3, 0.4) is 0 Å². The van der Waals surface area contributed by atoms with E-state index in [1.807, 2.05) is 37.3 Å². The molecule has 3 rings (SSSR count). The van der Waals surface area contributed by atoms with Crippen molar-refractivity contribution in [3.63, 3.8) is 0 Å². The summed E-state index contributed by atoms with van der Waals surface area (Å²) in [5.74, 6) is 1.98. The van der Waals surface area contributed by atoms with E-state index in [1.165, 1.54) is 6.26 Å². The third-order valence-corrected chi connectivity index (χ3v) is 3.66. The first kappa shape index (κ1) is 18.2. The lowest BCUT2D eigenvalue weighted by molar-refractivity contribution is 0.0927. The number of nitrogens with one attached hydrogen (secondary N) is 3. The summed E-state index contributed by atoms with van der Waals surface area (Å²) in [6.07, 6.45) is 1.46. The van der Waals surface area contributed by atoms with Crippen molar-refractivity contribution in [1.29, 1.82) is 0 Å². The van der Waals surface area contributed by atoms with Crippen LogP contribution in [-0.2, 0) is 0 Å². The lowest BCUT2D eigenvalue weighted by Crippen LogP contribution is -2.28. The number of ether oxygens (including phenoxy) is 1. The summed E-state index contributed by atoms with van der Waals surface area (Å²) in [4.78, 5) is 20.6. The molecule has 8 nitrogen and oxygen atoms in total. The van der Waals surface area contributed by atoms with Crippen LogP contribution < -0.4 is 20.7 Å². The van der Waals surface area contributed by atoms with E-state index in [-0.39, 0.29) is 11.7 Å². The number of aromatic nitrogens is 2. The molecule has 27 heavy (non-hydrogen) atoms. The van der Waals surface area contributed by atoms with Crippen LogP contribution in [0.1, 0.15) is 16.2 Å². The highest BCUT2D eigenvalue weighted by Gasteiger charge is 2.07. The predicted molar refractivity (Wildman–Crippen MR) is 103 cm³/mol. The molecule has 0 aliphatic rings. The highest BCUT2D eigenvalue weighted by atomic mass is 16.5. The van der Waals surface area contributed by atoms with Gasteiger partial charge in [-0.25, -0.2) is 4.98 Å². The second-order valence-corrected chi connectivity index (χ2v) is 5.73. The molecule has 0 bridgehead atoms. The summed E-state index contributed by atoms with van der Waals surface area (Å²) in [5.41, 5.74) is 1.72. The molecule has 0 saturated heterocycles. The maximum atomic E-state index is 11.8. The maximum Gasteiger partial charge on any atom is 0.287 e. The van der Waals surface area contributed by atoms with Crippen molar-refractivity contribution in [2.24, 2.45) is 0 Å². The van der Waals surface area contributed by atoms with Gasteiger partial charge in [0.05, 0.1) is 13.4 Å². The van der Waals surface area contributed by atoms with Crippen LogP contribution in [-0.4, -0.2) is 36.1 Å². The Balaban J connectivity index is 1.54. The average Bonchev–Trinajstić information content (AvgIpc) is 3.20. The van der Waals surface area contributed by atoms with Gasteiger partial charge in [0.1, 0.15) is 11.6 Å². The van der Waals surface area contributed by atoms with Crippen LogP contribution in [0.25, 0.3) is 0 Å². The summed E-state index contributed by atoms with van der Waals surface area (Å²) in [6.45, 7) is 2.79. The molecule has 0 atom stereocenters. The second-order valence-electron chi connectivity index (χ2n) is 5.73. The minimum absolute atomic E-state index is 0.256. The molecule has 2 heterocycles. The largest absolute Gasteiger partial charge is 0.497 e. The van der Waals surface area contributed by atoms with Gasteiger partial charge in [0.15, 0.2) is 5.76 Å². The molecular weight excluding hydrogens is 346 g/mol. The quantitative estimate of drug-likeness (QED) is 0.526. The van der Waals surface area contributed by atoms with E-state index < -0.39 is 0 Å². The number of furan rings is 1. The third-order valence-electron chi connectivity index (χ3n) is 3.66. The van der Waals surface area contributed by atoms with Crippen LogP contribution in [0.2, 0.25) is 0 Å². The Labute approximate surface area is 157 Å². The molecule has 0 fully saturated rings. The van der Waals surface area contributed by atoms with Gasteiger partial charge in [-0.2, -0.15) is 4.98 Å². The first-order valence-corrected chi connectivity index (χ1v) is 8.46. The summed E-state index contributed by atoms with van der Waals surface area (Å²) in [6, 6.07) is 12.7. The van der Waals surface area contributed by atoms with Crippen molar-refractivity contribution in [2.75, 3.05) is 30.8 Å². The molecule has 1 aromatic carbocycles. The molecule has 2 aromatic heterocycles. The number of carbonyl (C=O) groups excluding carboxylic acids is 1. The fourth-order valence-electron chi connectivity index (χ4n) is 2.38. The van der Waals surface area contributed by atoms with Crippen LogP contribution in [0.15, 0.2) is 53.1 Å². The highest BCUT2D eigenvalue weighted by molar-refractivity contribution is 5.91. The number of hydrogen-bond donors (Lipinski definition) is 3. The van der Waals surface area contributed by atoms with E-state index in [2.05, 4.69) is 25.9 Å². The molecular formula is C19H21N5O3. The number of aryl methyl sites for hydroxylation is 1. The van der Waals surface area contributed by atoms with Gasteiger partial charge in [0.25, 0.3) is 5.91 Å². The number of amides is 1. The minimum atomic E-state index is -0.256. The van der Waals surface area contributed by atoms with Crippen LogP contribution >= 0.6 is 0 Å². The Morgan fingerprint density at radius 1 is 1.15 bits per heavy atom. The zero-order valence-electron chi connectivity index (χ0n) is 15.2. The molecule has 0 saturated carbocycles. The van der Waals surface area contributed by atoms with Gasteiger partial charge >= 0.3 is 0 Å². The lowest BCUT2D eigenvalue weighted by Gasteiger charge is -2.10. The van der Waals surface area contributed by atoms with E-state index in [1.54, 1.807) is 19.2 Å². The lowest BCUT2D eigenvalue weighted by atomic mass is 10.3. The summed E-state index contributed by atoms with van der Waals surface area (Å²) in [7, 11) is 1.63. The van der Waals surface area contributed by atoms with Gasteiger partial charge in [-0.05, 0) is 43.3 Å². The fourth-order valence-corrected chi connectivity index (χ4v) is 2.38. The van der Waals surface area contributed by atoms with E-state index >= 15 is 0 Å². The number of methoxy groups -OCH3 is 1. The number of carbonyl (C=O) groups is 1. The second kappa shape index (κ2) is 8.70. The standard InChI is InChI=1S/C19H21N5O3/c1-13-12-17(23-14-5-7-15(26-2)8-6-14)24-19(22-13)21-10-9-20-18(25)16-4-3-11-27-16/h3-8,11-12H,9-10H2,1-2H3,(H,20,25)(H2,21,22,23,24). The van der Waals surface area contributed by atoms with Gasteiger partial charge in [-0.15, -0.1) is 0 Å². The van der Waals surface area contributed by atoms with E-state index in [0.29, 0.717) is 24.9 Å². The first-order valence-electron chi connectivity index (χ1n) is 8.46. The van der Waals surface area contributed by atoms with Crippen molar-refractivity contribution < 1.29 is 13.9 Å². The Hall–Kier alpha value is -3.55. The zero-order chi connectivity index (χ0) is 19.1. The Kier molecular flexibility index (Phi) is 5.88. The topological polar surface area (TPSA) is 101 Å². The van der Waals surface area contributed by atoms with Crippen molar-refractivity contribution in [3.05, 3.63) is 60.2 Å². The number of anilines is 3. The fraction of sp³-hybridized carbons (Fsp3) is 0.211.